The molecule has 0 rings (SSSR count). The number of thiol groups is 1. The minimum Gasteiger partial charge on any atom is -0.408 e. The summed E-state index contributed by atoms with van der Waals surface area (Å²) in [6, 6.07) is 0. The fourth-order valence-corrected chi connectivity index (χ4v) is 3.13. The van der Waals surface area contributed by atoms with Gasteiger partial charge in [0.1, 0.15) is 6.10 Å². The molecule has 0 heterocycles. The van der Waals surface area contributed by atoms with Crippen molar-refractivity contribution >= 4 is 20.9 Å². The Morgan fingerprint density at radius 1 is 1.10 bits per heavy atom. The van der Waals surface area contributed by atoms with Crippen molar-refractivity contribution in [3.63, 3.8) is 0 Å². The highest BCUT2D eigenvalue weighted by molar-refractivity contribution is 7.81. The second-order valence-electron chi connectivity index (χ2n) is 6.37. The molecule has 0 saturated carbocycles. The van der Waals surface area contributed by atoms with Gasteiger partial charge in [0.2, 0.25) is 0 Å². The molecule has 0 aromatic rings. The normalized spacial score (nSPS) is 16.5. The van der Waals surface area contributed by atoms with E-state index in [4.69, 9.17) is 13.9 Å². The largest absolute Gasteiger partial charge is 0.408 e. The minimum atomic E-state index is -1.99. The lowest BCUT2D eigenvalue weighted by atomic mass is 10.2. The highest BCUT2D eigenvalue weighted by Crippen LogP contribution is 2.38. The summed E-state index contributed by atoms with van der Waals surface area (Å²) in [4.78, 5) is 0. The van der Waals surface area contributed by atoms with E-state index in [1.54, 1.807) is 0 Å². The zero-order valence-electron chi connectivity index (χ0n) is 14.0. The lowest BCUT2D eigenvalue weighted by Gasteiger charge is -2.42. The average molecular weight is 325 g/mol. The number of hydrogen-bond donors (Lipinski definition) is 2. The van der Waals surface area contributed by atoms with Crippen molar-refractivity contribution in [2.75, 3.05) is 19.8 Å². The molecule has 1 N–H and O–H groups in total. The summed E-state index contributed by atoms with van der Waals surface area (Å²) >= 11 is 4.44. The lowest BCUT2D eigenvalue weighted by molar-refractivity contribution is -0.186. The van der Waals surface area contributed by atoms with Crippen molar-refractivity contribution in [3.8, 4) is 0 Å². The molecule has 0 aliphatic carbocycles. The Morgan fingerprint density at radius 3 is 1.85 bits per heavy atom. The molecule has 4 nitrogen and oxygen atoms in total. The molecule has 20 heavy (non-hydrogen) atoms. The predicted octanol–water partition coefficient (Wildman–Crippen LogP) is 3.07. The van der Waals surface area contributed by atoms with Crippen LogP contribution in [0.4, 0.5) is 0 Å². The van der Waals surface area contributed by atoms with Gasteiger partial charge in [-0.2, -0.15) is 12.6 Å². The van der Waals surface area contributed by atoms with Gasteiger partial charge < -0.3 is 19.0 Å². The molecule has 0 amide bonds. The quantitative estimate of drug-likeness (QED) is 0.389. The van der Waals surface area contributed by atoms with Gasteiger partial charge in [-0.15, -0.1) is 0 Å². The van der Waals surface area contributed by atoms with Gasteiger partial charge in [0, 0.05) is 13.2 Å². The number of hydrogen-bond acceptors (Lipinski definition) is 5. The third-order valence-corrected chi connectivity index (χ3v) is 8.66. The molecule has 0 aromatic heterocycles. The summed E-state index contributed by atoms with van der Waals surface area (Å²) in [6.07, 6.45) is -0.863. The van der Waals surface area contributed by atoms with Crippen LogP contribution in [0.15, 0.2) is 0 Å². The predicted molar refractivity (Wildman–Crippen MR) is 89.0 cm³/mol. The zero-order chi connectivity index (χ0) is 16.0. The van der Waals surface area contributed by atoms with Gasteiger partial charge >= 0.3 is 0 Å². The van der Waals surface area contributed by atoms with Crippen LogP contribution in [0.25, 0.3) is 0 Å². The first-order valence-corrected chi connectivity index (χ1v) is 10.7. The third-order valence-electron chi connectivity index (χ3n) is 3.73. The molecule has 0 radical (unpaired) electrons. The average Bonchev–Trinajstić information content (AvgIpc) is 2.33. The van der Waals surface area contributed by atoms with Crippen LogP contribution >= 0.6 is 12.6 Å². The number of rotatable bonds is 9. The van der Waals surface area contributed by atoms with E-state index in [0.29, 0.717) is 13.2 Å². The van der Waals surface area contributed by atoms with Gasteiger partial charge in [-0.3, -0.25) is 0 Å². The monoisotopic (exact) mass is 324 g/mol. The molecule has 0 spiro atoms. The van der Waals surface area contributed by atoms with E-state index in [1.807, 2.05) is 13.8 Å². The number of ether oxygens (including phenoxy) is 2. The first-order valence-electron chi connectivity index (χ1n) is 7.30. The summed E-state index contributed by atoms with van der Waals surface area (Å²) in [5.41, 5.74) is 0. The minimum absolute atomic E-state index is 0.0704. The first kappa shape index (κ1) is 20.4. The van der Waals surface area contributed by atoms with Crippen LogP contribution in [0.1, 0.15) is 34.6 Å². The molecule has 0 unspecified atom stereocenters. The van der Waals surface area contributed by atoms with Crippen molar-refractivity contribution in [3.05, 3.63) is 0 Å². The molecular weight excluding hydrogens is 292 g/mol. The maximum absolute atomic E-state index is 9.44. The van der Waals surface area contributed by atoms with Gasteiger partial charge in [0.25, 0.3) is 0 Å². The topological polar surface area (TPSA) is 47.9 Å². The van der Waals surface area contributed by atoms with Crippen LogP contribution in [0.2, 0.25) is 18.1 Å². The van der Waals surface area contributed by atoms with Crippen LogP contribution in [0, 0.1) is 0 Å². The van der Waals surface area contributed by atoms with Crippen LogP contribution in [0.5, 0.6) is 0 Å². The summed E-state index contributed by atoms with van der Waals surface area (Å²) in [6.45, 7) is 15.7. The molecule has 0 fully saturated rings. The van der Waals surface area contributed by atoms with Crippen LogP contribution < -0.4 is 0 Å². The van der Waals surface area contributed by atoms with Crippen molar-refractivity contribution in [1.82, 2.24) is 0 Å². The number of aliphatic hydroxyl groups excluding tert-OH is 1. The standard InChI is InChI=1S/C14H32O4SSi/c1-8-16-13(17-9-2)12(11(19)10-15)18-20(6,7)14(3,4)5/h11-13,15,19H,8-10H2,1-7H3/t11-,12-/m1/s1. The van der Waals surface area contributed by atoms with E-state index < -0.39 is 14.6 Å². The van der Waals surface area contributed by atoms with E-state index in [-0.39, 0.29) is 23.0 Å². The van der Waals surface area contributed by atoms with Crippen LogP contribution in [0.3, 0.4) is 0 Å². The Morgan fingerprint density at radius 2 is 1.55 bits per heavy atom. The molecule has 0 aliphatic heterocycles. The zero-order valence-corrected chi connectivity index (χ0v) is 15.9. The Bertz CT molecular complexity index is 262. The SMILES string of the molecule is CCOC(OCC)[C@H](O[Si](C)(C)C(C)(C)C)[C@H](S)CO. The molecule has 6 heteroatoms. The Hall–Kier alpha value is 0.407. The highest BCUT2D eigenvalue weighted by Gasteiger charge is 2.42. The van der Waals surface area contributed by atoms with Crippen LogP contribution in [-0.4, -0.2) is 50.9 Å². The van der Waals surface area contributed by atoms with E-state index >= 15 is 0 Å². The fourth-order valence-electron chi connectivity index (χ4n) is 1.50. The van der Waals surface area contributed by atoms with Crippen LogP contribution in [-0.2, 0) is 13.9 Å². The van der Waals surface area contributed by atoms with E-state index in [2.05, 4.69) is 46.5 Å². The lowest BCUT2D eigenvalue weighted by Crippen LogP contribution is -2.52. The molecule has 0 bridgehead atoms. The molecule has 0 saturated heterocycles. The maximum atomic E-state index is 9.44. The summed E-state index contributed by atoms with van der Waals surface area (Å²) in [5.74, 6) is 0. The highest BCUT2D eigenvalue weighted by atomic mass is 32.1. The van der Waals surface area contributed by atoms with Gasteiger partial charge in [0.15, 0.2) is 14.6 Å². The Kier molecular flexibility index (Phi) is 8.93. The van der Waals surface area contributed by atoms with E-state index in [0.717, 1.165) is 0 Å². The number of aliphatic hydroxyl groups is 1. The third kappa shape index (κ3) is 6.03. The second kappa shape index (κ2) is 8.75. The summed E-state index contributed by atoms with van der Waals surface area (Å²) in [7, 11) is -1.99. The Labute approximate surface area is 130 Å². The summed E-state index contributed by atoms with van der Waals surface area (Å²) in [5, 5.41) is 9.19. The van der Waals surface area contributed by atoms with Crippen molar-refractivity contribution in [1.29, 1.82) is 0 Å². The fraction of sp³-hybridized carbons (Fsp3) is 1.00. The maximum Gasteiger partial charge on any atom is 0.192 e. The van der Waals surface area contributed by atoms with Gasteiger partial charge in [-0.05, 0) is 32.0 Å². The van der Waals surface area contributed by atoms with Crippen molar-refractivity contribution in [2.45, 2.75) is 70.4 Å². The first-order chi connectivity index (χ1) is 9.10. The van der Waals surface area contributed by atoms with Crippen molar-refractivity contribution in [2.24, 2.45) is 0 Å². The van der Waals surface area contributed by atoms with Gasteiger partial charge in [-0.25, -0.2) is 0 Å². The molecule has 0 aliphatic rings. The molecule has 122 valence electrons. The van der Waals surface area contributed by atoms with E-state index in [9.17, 15) is 5.11 Å². The van der Waals surface area contributed by atoms with Gasteiger partial charge in [0.05, 0.1) is 11.9 Å². The molecular formula is C14H32O4SSi. The smallest absolute Gasteiger partial charge is 0.192 e. The molecule has 2 atom stereocenters. The van der Waals surface area contributed by atoms with E-state index in [1.165, 1.54) is 0 Å². The molecule has 0 aromatic carbocycles. The second-order valence-corrected chi connectivity index (χ2v) is 11.8. The Balaban J connectivity index is 5.14. The van der Waals surface area contributed by atoms with Crippen molar-refractivity contribution < 1.29 is 19.0 Å². The summed E-state index contributed by atoms with van der Waals surface area (Å²) < 4.78 is 17.7. The van der Waals surface area contributed by atoms with Gasteiger partial charge in [-0.1, -0.05) is 20.8 Å².